The number of nitrogens with zero attached hydrogens (tertiary/aromatic N) is 3. The molecular formula is C5H9N3O. The number of amides is 1. The highest BCUT2D eigenvalue weighted by Crippen LogP contribution is 2.19. The Bertz CT molecular complexity index is 173. The number of rotatable bonds is 0. The van der Waals surface area contributed by atoms with Gasteiger partial charge in [-0.1, -0.05) is 5.22 Å². The molecule has 0 spiro atoms. The van der Waals surface area contributed by atoms with Gasteiger partial charge in [-0.3, -0.25) is 4.79 Å². The summed E-state index contributed by atoms with van der Waals surface area (Å²) in [6.45, 7) is 3.48. The molecule has 0 aromatic heterocycles. The minimum atomic E-state index is -0.630. The highest BCUT2D eigenvalue weighted by atomic mass is 16.2. The average Bonchev–Trinajstić information content (AvgIpc) is 1.97. The molecule has 1 heterocycles. The van der Waals surface area contributed by atoms with E-state index >= 15 is 0 Å². The standard InChI is InChI=1S/C5H9N3O/c1-5(2)4(9)8(3)7-6-5/h1-3H3. The molecule has 0 aromatic rings. The first-order valence-corrected chi connectivity index (χ1v) is 2.75. The second kappa shape index (κ2) is 1.52. The molecule has 1 aliphatic rings. The number of hydrogen-bond donors (Lipinski definition) is 0. The van der Waals surface area contributed by atoms with Crippen molar-refractivity contribution in [3.63, 3.8) is 0 Å². The Balaban J connectivity index is 2.86. The van der Waals surface area contributed by atoms with Crippen molar-refractivity contribution in [2.45, 2.75) is 19.4 Å². The molecule has 0 fully saturated rings. The number of carbonyl (C=O) groups excluding carboxylic acids is 1. The molecule has 0 saturated carbocycles. The van der Waals surface area contributed by atoms with Crippen LogP contribution in [0, 0.1) is 0 Å². The van der Waals surface area contributed by atoms with Crippen LogP contribution in [0.4, 0.5) is 0 Å². The van der Waals surface area contributed by atoms with E-state index in [-0.39, 0.29) is 5.91 Å². The van der Waals surface area contributed by atoms with Gasteiger partial charge < -0.3 is 0 Å². The maximum atomic E-state index is 11.0. The molecule has 4 nitrogen and oxygen atoms in total. The molecule has 0 unspecified atom stereocenters. The van der Waals surface area contributed by atoms with Crippen LogP contribution in [0.25, 0.3) is 0 Å². The Labute approximate surface area is 53.5 Å². The smallest absolute Gasteiger partial charge is 0.270 e. The number of hydrogen-bond acceptors (Lipinski definition) is 3. The Morgan fingerprint density at radius 1 is 1.56 bits per heavy atom. The van der Waals surface area contributed by atoms with Crippen molar-refractivity contribution in [3.8, 4) is 0 Å². The molecular weight excluding hydrogens is 118 g/mol. The molecule has 0 saturated heterocycles. The van der Waals surface area contributed by atoms with Crippen molar-refractivity contribution in [1.82, 2.24) is 5.01 Å². The van der Waals surface area contributed by atoms with Crippen molar-refractivity contribution in [1.29, 1.82) is 0 Å². The average molecular weight is 127 g/mol. The van der Waals surface area contributed by atoms with Crippen LogP contribution in [0.3, 0.4) is 0 Å². The van der Waals surface area contributed by atoms with Crippen LogP contribution in [0.15, 0.2) is 10.3 Å². The first-order valence-electron chi connectivity index (χ1n) is 2.75. The molecule has 0 N–H and O–H groups in total. The third kappa shape index (κ3) is 0.800. The molecule has 0 radical (unpaired) electrons. The lowest BCUT2D eigenvalue weighted by atomic mass is 10.1. The van der Waals surface area contributed by atoms with Crippen LogP contribution in [-0.4, -0.2) is 23.5 Å². The molecule has 0 aromatic carbocycles. The molecule has 1 amide bonds. The van der Waals surface area contributed by atoms with E-state index in [1.165, 1.54) is 5.01 Å². The van der Waals surface area contributed by atoms with Crippen molar-refractivity contribution in [3.05, 3.63) is 0 Å². The summed E-state index contributed by atoms with van der Waals surface area (Å²) >= 11 is 0. The number of carbonyl (C=O) groups is 1. The molecule has 1 rings (SSSR count). The zero-order valence-corrected chi connectivity index (χ0v) is 5.75. The quantitative estimate of drug-likeness (QED) is 0.470. The molecule has 9 heavy (non-hydrogen) atoms. The second-order valence-corrected chi connectivity index (χ2v) is 2.58. The van der Waals surface area contributed by atoms with Gasteiger partial charge in [0.15, 0.2) is 5.54 Å². The van der Waals surface area contributed by atoms with E-state index in [9.17, 15) is 4.79 Å². The fourth-order valence-electron chi connectivity index (χ4n) is 0.658. The fraction of sp³-hybridized carbons (Fsp3) is 0.800. The summed E-state index contributed by atoms with van der Waals surface area (Å²) in [5.74, 6) is -0.0532. The summed E-state index contributed by atoms with van der Waals surface area (Å²) in [4.78, 5) is 11.0. The SMILES string of the molecule is CN1N=NC(C)(C)C1=O. The minimum absolute atomic E-state index is 0.0532. The van der Waals surface area contributed by atoms with Gasteiger partial charge in [0.05, 0.1) is 0 Å². The Morgan fingerprint density at radius 2 is 2.11 bits per heavy atom. The fourth-order valence-corrected chi connectivity index (χ4v) is 0.658. The van der Waals surface area contributed by atoms with Gasteiger partial charge in [-0.05, 0) is 13.8 Å². The first kappa shape index (κ1) is 6.19. The van der Waals surface area contributed by atoms with Crippen LogP contribution in [0.2, 0.25) is 0 Å². The number of likely N-dealkylation sites (N-methyl/N-ethyl adjacent to an activating group) is 1. The summed E-state index contributed by atoms with van der Waals surface area (Å²) in [7, 11) is 1.60. The van der Waals surface area contributed by atoms with Crippen molar-refractivity contribution < 1.29 is 4.79 Å². The van der Waals surface area contributed by atoms with Crippen molar-refractivity contribution >= 4 is 5.91 Å². The van der Waals surface area contributed by atoms with E-state index in [4.69, 9.17) is 0 Å². The molecule has 1 aliphatic heterocycles. The predicted octanol–water partition coefficient (Wildman–Crippen LogP) is 0.604. The Morgan fingerprint density at radius 3 is 2.22 bits per heavy atom. The van der Waals surface area contributed by atoms with E-state index in [2.05, 4.69) is 10.3 Å². The van der Waals surface area contributed by atoms with Gasteiger partial charge in [-0.25, -0.2) is 5.01 Å². The van der Waals surface area contributed by atoms with Crippen LogP contribution in [-0.2, 0) is 4.79 Å². The normalized spacial score (nSPS) is 23.4. The van der Waals surface area contributed by atoms with E-state index in [1.54, 1.807) is 20.9 Å². The summed E-state index contributed by atoms with van der Waals surface area (Å²) in [6.07, 6.45) is 0. The maximum absolute atomic E-state index is 11.0. The topological polar surface area (TPSA) is 45.0 Å². The summed E-state index contributed by atoms with van der Waals surface area (Å²) in [5, 5.41) is 8.56. The van der Waals surface area contributed by atoms with Crippen LogP contribution in [0.1, 0.15) is 13.8 Å². The maximum Gasteiger partial charge on any atom is 0.273 e. The lowest BCUT2D eigenvalue weighted by Crippen LogP contribution is -2.33. The minimum Gasteiger partial charge on any atom is -0.270 e. The highest BCUT2D eigenvalue weighted by Gasteiger charge is 2.35. The predicted molar refractivity (Wildman–Crippen MR) is 31.7 cm³/mol. The van der Waals surface area contributed by atoms with Crippen LogP contribution < -0.4 is 0 Å². The van der Waals surface area contributed by atoms with Crippen LogP contribution in [0.5, 0.6) is 0 Å². The Hall–Kier alpha value is -0.930. The lowest BCUT2D eigenvalue weighted by Gasteiger charge is -2.09. The summed E-state index contributed by atoms with van der Waals surface area (Å²) in [5.41, 5.74) is -0.630. The van der Waals surface area contributed by atoms with E-state index in [0.717, 1.165) is 0 Å². The first-order chi connectivity index (χ1) is 4.04. The van der Waals surface area contributed by atoms with Gasteiger partial charge in [-0.2, -0.15) is 5.11 Å². The second-order valence-electron chi connectivity index (χ2n) is 2.58. The summed E-state index contributed by atoms with van der Waals surface area (Å²) in [6, 6.07) is 0. The van der Waals surface area contributed by atoms with E-state index in [1.807, 2.05) is 0 Å². The summed E-state index contributed by atoms with van der Waals surface area (Å²) < 4.78 is 0. The van der Waals surface area contributed by atoms with Gasteiger partial charge in [0.2, 0.25) is 0 Å². The molecule has 0 atom stereocenters. The monoisotopic (exact) mass is 127 g/mol. The van der Waals surface area contributed by atoms with Gasteiger partial charge in [0, 0.05) is 7.05 Å². The van der Waals surface area contributed by atoms with E-state index in [0.29, 0.717) is 0 Å². The molecule has 50 valence electrons. The van der Waals surface area contributed by atoms with Crippen molar-refractivity contribution in [2.75, 3.05) is 7.05 Å². The Kier molecular flexibility index (Phi) is 1.05. The van der Waals surface area contributed by atoms with Crippen LogP contribution >= 0.6 is 0 Å². The van der Waals surface area contributed by atoms with Gasteiger partial charge in [0.1, 0.15) is 0 Å². The van der Waals surface area contributed by atoms with Gasteiger partial charge in [0.25, 0.3) is 5.91 Å². The largest absolute Gasteiger partial charge is 0.273 e. The molecule has 0 bridgehead atoms. The third-order valence-electron chi connectivity index (χ3n) is 1.25. The van der Waals surface area contributed by atoms with Gasteiger partial charge in [-0.15, -0.1) is 0 Å². The zero-order valence-electron chi connectivity index (χ0n) is 5.75. The van der Waals surface area contributed by atoms with E-state index < -0.39 is 5.54 Å². The third-order valence-corrected chi connectivity index (χ3v) is 1.25. The molecule has 4 heteroatoms. The molecule has 0 aliphatic carbocycles. The van der Waals surface area contributed by atoms with Gasteiger partial charge >= 0.3 is 0 Å². The highest BCUT2D eigenvalue weighted by molar-refractivity contribution is 5.86. The van der Waals surface area contributed by atoms with Crippen molar-refractivity contribution in [2.24, 2.45) is 10.3 Å². The lowest BCUT2D eigenvalue weighted by molar-refractivity contribution is -0.131. The zero-order chi connectivity index (χ0) is 7.07.